The summed E-state index contributed by atoms with van der Waals surface area (Å²) >= 11 is 1.81. The Kier molecular flexibility index (Phi) is 6.27. The molecular formula is C22H26N2O3S2. The number of hydrogen-bond acceptors (Lipinski definition) is 4. The zero-order chi connectivity index (χ0) is 20.3. The Morgan fingerprint density at radius 1 is 0.966 bits per heavy atom. The molecule has 0 aliphatic carbocycles. The Morgan fingerprint density at radius 2 is 1.66 bits per heavy atom. The summed E-state index contributed by atoms with van der Waals surface area (Å²) in [4.78, 5) is 14.2. The number of benzene rings is 2. The van der Waals surface area contributed by atoms with E-state index in [0.29, 0.717) is 18.7 Å². The lowest BCUT2D eigenvalue weighted by molar-refractivity contribution is 0.0935. The molecule has 5 nitrogen and oxygen atoms in total. The van der Waals surface area contributed by atoms with E-state index < -0.39 is 10.0 Å². The Labute approximate surface area is 176 Å². The van der Waals surface area contributed by atoms with Crippen LogP contribution < -0.4 is 5.32 Å². The number of nitrogens with one attached hydrogen (secondary N) is 1. The van der Waals surface area contributed by atoms with Gasteiger partial charge in [-0.15, -0.1) is 11.8 Å². The molecule has 0 bridgehead atoms. The number of sulfonamides is 1. The van der Waals surface area contributed by atoms with Gasteiger partial charge in [-0.25, -0.2) is 8.42 Å². The van der Waals surface area contributed by atoms with Crippen LogP contribution in [-0.4, -0.2) is 37.5 Å². The summed E-state index contributed by atoms with van der Waals surface area (Å²) in [6, 6.07) is 14.5. The molecule has 2 aliphatic rings. The first kappa shape index (κ1) is 20.4. The molecular weight excluding hydrogens is 404 g/mol. The maximum atomic E-state index is 12.9. The molecule has 0 saturated carbocycles. The van der Waals surface area contributed by atoms with Crippen molar-refractivity contribution >= 4 is 27.7 Å². The van der Waals surface area contributed by atoms with Crippen molar-refractivity contribution in [1.82, 2.24) is 9.62 Å². The van der Waals surface area contributed by atoms with Gasteiger partial charge in [-0.2, -0.15) is 4.31 Å². The molecule has 1 atom stereocenters. The third-order valence-corrected chi connectivity index (χ3v) is 8.62. The molecule has 1 amide bonds. The third kappa shape index (κ3) is 4.52. The zero-order valence-corrected chi connectivity index (χ0v) is 18.0. The van der Waals surface area contributed by atoms with Gasteiger partial charge in [0.25, 0.3) is 5.91 Å². The number of carbonyl (C=O) groups is 1. The van der Waals surface area contributed by atoms with E-state index in [1.807, 2.05) is 23.9 Å². The molecule has 4 rings (SSSR count). The number of carbonyl (C=O) groups excluding carboxylic acids is 1. The van der Waals surface area contributed by atoms with Gasteiger partial charge in [-0.3, -0.25) is 4.79 Å². The van der Waals surface area contributed by atoms with E-state index in [2.05, 4.69) is 17.4 Å². The fourth-order valence-corrected chi connectivity index (χ4v) is 6.59. The van der Waals surface area contributed by atoms with Crippen LogP contribution in [0.15, 0.2) is 58.3 Å². The molecule has 1 unspecified atom stereocenters. The number of rotatable bonds is 4. The quantitative estimate of drug-likeness (QED) is 0.789. The van der Waals surface area contributed by atoms with Crippen LogP contribution in [0.3, 0.4) is 0 Å². The van der Waals surface area contributed by atoms with Gasteiger partial charge >= 0.3 is 0 Å². The average molecular weight is 431 g/mol. The molecule has 1 N–H and O–H groups in total. The van der Waals surface area contributed by atoms with Crippen molar-refractivity contribution in [2.24, 2.45) is 0 Å². The predicted octanol–water partition coefficient (Wildman–Crippen LogP) is 4.22. The smallest absolute Gasteiger partial charge is 0.251 e. The van der Waals surface area contributed by atoms with E-state index in [4.69, 9.17) is 0 Å². The Hall–Kier alpha value is -1.83. The van der Waals surface area contributed by atoms with Crippen molar-refractivity contribution in [2.75, 3.05) is 18.8 Å². The molecule has 7 heteroatoms. The lowest BCUT2D eigenvalue weighted by Gasteiger charge is -2.26. The van der Waals surface area contributed by atoms with Gasteiger partial charge in [0, 0.05) is 29.3 Å². The minimum atomic E-state index is -3.50. The third-order valence-electron chi connectivity index (χ3n) is 5.58. The van der Waals surface area contributed by atoms with Crippen LogP contribution >= 0.6 is 11.8 Å². The molecule has 2 heterocycles. The van der Waals surface area contributed by atoms with Crippen LogP contribution in [0.4, 0.5) is 0 Å². The largest absolute Gasteiger partial charge is 0.345 e. The molecule has 0 aromatic heterocycles. The highest BCUT2D eigenvalue weighted by Gasteiger charge is 2.26. The fraction of sp³-hybridized carbons (Fsp3) is 0.409. The lowest BCUT2D eigenvalue weighted by atomic mass is 10.0. The summed E-state index contributed by atoms with van der Waals surface area (Å²) in [5.74, 6) is 0.796. The minimum Gasteiger partial charge on any atom is -0.345 e. The highest BCUT2D eigenvalue weighted by atomic mass is 32.2. The van der Waals surface area contributed by atoms with E-state index in [9.17, 15) is 13.2 Å². The second-order valence-corrected chi connectivity index (χ2v) is 10.6. The van der Waals surface area contributed by atoms with Gasteiger partial charge in [-0.05, 0) is 55.2 Å². The van der Waals surface area contributed by atoms with E-state index in [1.54, 1.807) is 28.6 Å². The minimum absolute atomic E-state index is 0.0135. The maximum absolute atomic E-state index is 12.9. The van der Waals surface area contributed by atoms with Gasteiger partial charge in [0.2, 0.25) is 10.0 Å². The van der Waals surface area contributed by atoms with Crippen LogP contribution in [0.1, 0.15) is 54.1 Å². The molecule has 2 aliphatic heterocycles. The van der Waals surface area contributed by atoms with E-state index in [-0.39, 0.29) is 16.8 Å². The van der Waals surface area contributed by atoms with Gasteiger partial charge in [0.1, 0.15) is 0 Å². The summed E-state index contributed by atoms with van der Waals surface area (Å²) < 4.78 is 27.4. The molecule has 154 valence electrons. The number of thioether (sulfide) groups is 1. The number of nitrogens with zero attached hydrogens (tertiary/aromatic N) is 1. The van der Waals surface area contributed by atoms with Gasteiger partial charge in [-0.1, -0.05) is 31.0 Å². The van der Waals surface area contributed by atoms with Crippen molar-refractivity contribution < 1.29 is 13.2 Å². The second kappa shape index (κ2) is 8.90. The van der Waals surface area contributed by atoms with Crippen LogP contribution in [0.2, 0.25) is 0 Å². The summed E-state index contributed by atoms with van der Waals surface area (Å²) in [7, 11) is -3.50. The van der Waals surface area contributed by atoms with Gasteiger partial charge in [0.15, 0.2) is 0 Å². The highest BCUT2D eigenvalue weighted by molar-refractivity contribution is 7.99. The first-order chi connectivity index (χ1) is 14.1. The SMILES string of the molecule is O=C(NC1CCSc2ccccc21)c1ccc(S(=O)(=O)N2CCCCCC2)cc1. The molecule has 1 fully saturated rings. The van der Waals surface area contributed by atoms with Crippen LogP contribution in [-0.2, 0) is 10.0 Å². The molecule has 2 aromatic rings. The highest BCUT2D eigenvalue weighted by Crippen LogP contribution is 2.36. The summed E-state index contributed by atoms with van der Waals surface area (Å²) in [6.45, 7) is 1.15. The van der Waals surface area contributed by atoms with Gasteiger partial charge in [0.05, 0.1) is 10.9 Å². The second-order valence-electron chi connectivity index (χ2n) is 7.54. The maximum Gasteiger partial charge on any atom is 0.251 e. The van der Waals surface area contributed by atoms with Crippen molar-refractivity contribution in [3.05, 3.63) is 59.7 Å². The van der Waals surface area contributed by atoms with Crippen LogP contribution in [0, 0.1) is 0 Å². The number of hydrogen-bond donors (Lipinski definition) is 1. The Morgan fingerprint density at radius 3 is 2.38 bits per heavy atom. The lowest BCUT2D eigenvalue weighted by Crippen LogP contribution is -2.32. The van der Waals surface area contributed by atoms with Crippen molar-refractivity contribution in [2.45, 2.75) is 47.9 Å². The van der Waals surface area contributed by atoms with Crippen molar-refractivity contribution in [1.29, 1.82) is 0 Å². The van der Waals surface area contributed by atoms with E-state index in [1.165, 1.54) is 4.90 Å². The van der Waals surface area contributed by atoms with E-state index in [0.717, 1.165) is 43.4 Å². The molecule has 1 saturated heterocycles. The molecule has 2 aromatic carbocycles. The van der Waals surface area contributed by atoms with Crippen molar-refractivity contribution in [3.63, 3.8) is 0 Å². The van der Waals surface area contributed by atoms with Crippen LogP contribution in [0.25, 0.3) is 0 Å². The molecule has 0 radical (unpaired) electrons. The fourth-order valence-electron chi connectivity index (χ4n) is 3.94. The Balaban J connectivity index is 1.47. The van der Waals surface area contributed by atoms with Crippen molar-refractivity contribution in [3.8, 4) is 0 Å². The summed E-state index contributed by atoms with van der Waals surface area (Å²) in [5.41, 5.74) is 1.63. The summed E-state index contributed by atoms with van der Waals surface area (Å²) in [5, 5.41) is 3.11. The van der Waals surface area contributed by atoms with E-state index >= 15 is 0 Å². The normalized spacial score (nSPS) is 20.5. The average Bonchev–Trinajstić information content (AvgIpc) is 3.04. The monoisotopic (exact) mass is 430 g/mol. The Bertz CT molecular complexity index is 966. The molecule has 0 spiro atoms. The van der Waals surface area contributed by atoms with Gasteiger partial charge < -0.3 is 5.32 Å². The first-order valence-corrected chi connectivity index (χ1v) is 12.6. The topological polar surface area (TPSA) is 66.5 Å². The zero-order valence-electron chi connectivity index (χ0n) is 16.3. The molecule has 29 heavy (non-hydrogen) atoms. The van der Waals surface area contributed by atoms with Crippen LogP contribution in [0.5, 0.6) is 0 Å². The summed E-state index contributed by atoms with van der Waals surface area (Å²) in [6.07, 6.45) is 4.85. The predicted molar refractivity (Wildman–Crippen MR) is 116 cm³/mol. The number of amides is 1. The first-order valence-electron chi connectivity index (χ1n) is 10.2. The standard InChI is InChI=1S/C22H26N2O3S2/c25-22(23-20-13-16-28-21-8-4-3-7-19(20)21)17-9-11-18(12-10-17)29(26,27)24-14-5-1-2-6-15-24/h3-4,7-12,20H,1-2,5-6,13-16H2,(H,23,25). The number of fused-ring (bicyclic) bond motifs is 1.